The van der Waals surface area contributed by atoms with Crippen molar-refractivity contribution in [1.29, 1.82) is 0 Å². The van der Waals surface area contributed by atoms with Crippen molar-refractivity contribution >= 4 is 26.1 Å². The Bertz CT molecular complexity index is 735. The SMILES string of the molecule is COC(=O)[C@@H](O[Si](C)(C)C(C)(C)C)[C@H]1CC(=O)[C@@H](C)[C@H](/C=C/c2ccccc2)O1. The van der Waals surface area contributed by atoms with Gasteiger partial charge in [-0.1, -0.05) is 70.2 Å². The van der Waals surface area contributed by atoms with Crippen LogP contribution in [0.1, 0.15) is 39.7 Å². The quantitative estimate of drug-likeness (QED) is 0.498. The number of methoxy groups -OCH3 is 1. The normalized spacial score (nSPS) is 24.5. The number of carbonyl (C=O) groups is 2. The lowest BCUT2D eigenvalue weighted by Gasteiger charge is -2.42. The Morgan fingerprint density at radius 2 is 1.86 bits per heavy atom. The number of carbonyl (C=O) groups excluding carboxylic acids is 2. The molecule has 0 bridgehead atoms. The number of hydrogen-bond donors (Lipinski definition) is 0. The van der Waals surface area contributed by atoms with Crippen LogP contribution in [0.25, 0.3) is 6.08 Å². The molecule has 1 aliphatic heterocycles. The molecule has 0 aliphatic carbocycles. The minimum Gasteiger partial charge on any atom is -0.467 e. The smallest absolute Gasteiger partial charge is 0.336 e. The molecule has 2 rings (SSSR count). The number of hydrogen-bond acceptors (Lipinski definition) is 5. The number of ether oxygens (including phenoxy) is 2. The fraction of sp³-hybridized carbons (Fsp3) is 0.565. The molecule has 0 spiro atoms. The van der Waals surface area contributed by atoms with E-state index < -0.39 is 32.6 Å². The Morgan fingerprint density at radius 3 is 2.41 bits per heavy atom. The lowest BCUT2D eigenvalue weighted by Crippen LogP contribution is -2.54. The van der Waals surface area contributed by atoms with Gasteiger partial charge in [0.1, 0.15) is 11.9 Å². The Balaban J connectivity index is 2.25. The average molecular weight is 419 g/mol. The zero-order valence-corrected chi connectivity index (χ0v) is 19.6. The molecule has 0 N–H and O–H groups in total. The molecule has 0 aromatic heterocycles. The van der Waals surface area contributed by atoms with Gasteiger partial charge in [-0.3, -0.25) is 4.79 Å². The molecule has 29 heavy (non-hydrogen) atoms. The minimum absolute atomic E-state index is 0.0664. The first-order valence-electron chi connectivity index (χ1n) is 10.1. The third-order valence-electron chi connectivity index (χ3n) is 6.01. The maximum Gasteiger partial charge on any atom is 0.336 e. The van der Waals surface area contributed by atoms with Gasteiger partial charge in [0.15, 0.2) is 14.4 Å². The highest BCUT2D eigenvalue weighted by atomic mass is 28.4. The van der Waals surface area contributed by atoms with Gasteiger partial charge in [0, 0.05) is 12.3 Å². The number of rotatable bonds is 6. The molecule has 0 amide bonds. The second-order valence-electron chi connectivity index (χ2n) is 9.19. The molecule has 160 valence electrons. The second-order valence-corrected chi connectivity index (χ2v) is 13.9. The highest BCUT2D eigenvalue weighted by Gasteiger charge is 2.46. The molecule has 6 heteroatoms. The van der Waals surface area contributed by atoms with Crippen LogP contribution in [-0.2, 0) is 23.5 Å². The van der Waals surface area contributed by atoms with E-state index >= 15 is 0 Å². The molecule has 1 fully saturated rings. The van der Waals surface area contributed by atoms with Gasteiger partial charge in [-0.15, -0.1) is 0 Å². The topological polar surface area (TPSA) is 61.8 Å². The number of benzene rings is 1. The average Bonchev–Trinajstić information content (AvgIpc) is 2.66. The van der Waals surface area contributed by atoms with Crippen LogP contribution in [0.3, 0.4) is 0 Å². The van der Waals surface area contributed by atoms with Crippen LogP contribution in [0, 0.1) is 5.92 Å². The lowest BCUT2D eigenvalue weighted by atomic mass is 9.89. The molecule has 0 radical (unpaired) electrons. The lowest BCUT2D eigenvalue weighted by molar-refractivity contribution is -0.168. The summed E-state index contributed by atoms with van der Waals surface area (Å²) in [4.78, 5) is 25.2. The molecular weight excluding hydrogens is 384 g/mol. The standard InChI is InChI=1S/C23H34O5Si/c1-16-18(24)15-20(27-19(16)14-13-17-11-9-8-10-12-17)21(22(25)26-5)28-29(6,7)23(2,3)4/h8-14,16,19-21H,15H2,1-7H3/b14-13+/t16-,19+,20-,21+/m1/s1. The maximum absolute atomic E-state index is 12.7. The molecule has 0 saturated carbocycles. The third kappa shape index (κ3) is 5.87. The summed E-state index contributed by atoms with van der Waals surface area (Å²) < 4.78 is 17.6. The maximum atomic E-state index is 12.7. The molecule has 4 atom stereocenters. The predicted octanol–water partition coefficient (Wildman–Crippen LogP) is 4.63. The Hall–Kier alpha value is -1.76. The zero-order chi connectivity index (χ0) is 21.8. The van der Waals surface area contributed by atoms with Crippen molar-refractivity contribution in [3.05, 3.63) is 42.0 Å². The molecule has 1 saturated heterocycles. The molecule has 1 aliphatic rings. The second kappa shape index (κ2) is 9.37. The fourth-order valence-electron chi connectivity index (χ4n) is 2.98. The van der Waals surface area contributed by atoms with Crippen molar-refractivity contribution in [1.82, 2.24) is 0 Å². The molecule has 1 aromatic carbocycles. The summed E-state index contributed by atoms with van der Waals surface area (Å²) >= 11 is 0. The minimum atomic E-state index is -2.27. The predicted molar refractivity (Wildman–Crippen MR) is 117 cm³/mol. The highest BCUT2D eigenvalue weighted by Crippen LogP contribution is 2.39. The van der Waals surface area contributed by atoms with Crippen LogP contribution in [0.2, 0.25) is 18.1 Å². The van der Waals surface area contributed by atoms with E-state index in [-0.39, 0.29) is 23.2 Å². The number of ketones is 1. The van der Waals surface area contributed by atoms with Gasteiger partial charge >= 0.3 is 5.97 Å². The van der Waals surface area contributed by atoms with Gasteiger partial charge in [0.25, 0.3) is 0 Å². The first-order chi connectivity index (χ1) is 13.5. The fourth-order valence-corrected chi connectivity index (χ4v) is 4.22. The summed E-state index contributed by atoms with van der Waals surface area (Å²) in [5.74, 6) is -0.706. The summed E-state index contributed by atoms with van der Waals surface area (Å²) in [5, 5.41) is -0.0855. The summed E-state index contributed by atoms with van der Waals surface area (Å²) in [7, 11) is -0.936. The Morgan fingerprint density at radius 1 is 1.24 bits per heavy atom. The van der Waals surface area contributed by atoms with Crippen molar-refractivity contribution in [2.75, 3.05) is 7.11 Å². The molecule has 0 unspecified atom stereocenters. The summed E-state index contributed by atoms with van der Waals surface area (Å²) in [5.41, 5.74) is 1.03. The van der Waals surface area contributed by atoms with Crippen molar-refractivity contribution in [3.63, 3.8) is 0 Å². The number of Topliss-reactive ketones (excluding diaryl/α,β-unsaturated/α-hetero) is 1. The van der Waals surface area contributed by atoms with E-state index in [0.717, 1.165) is 5.56 Å². The van der Waals surface area contributed by atoms with Crippen LogP contribution in [0.4, 0.5) is 0 Å². The van der Waals surface area contributed by atoms with Crippen molar-refractivity contribution in [2.45, 2.75) is 70.6 Å². The van der Waals surface area contributed by atoms with E-state index in [1.54, 1.807) is 0 Å². The van der Waals surface area contributed by atoms with Crippen LogP contribution in [0.5, 0.6) is 0 Å². The first-order valence-corrected chi connectivity index (χ1v) is 13.0. The Kier molecular flexibility index (Phi) is 7.60. The number of esters is 1. The van der Waals surface area contributed by atoms with Crippen molar-refractivity contribution in [2.24, 2.45) is 5.92 Å². The van der Waals surface area contributed by atoms with Crippen molar-refractivity contribution in [3.8, 4) is 0 Å². The molecule has 1 heterocycles. The van der Waals surface area contributed by atoms with E-state index in [1.807, 2.05) is 49.4 Å². The van der Waals surface area contributed by atoms with Gasteiger partial charge in [-0.25, -0.2) is 4.79 Å². The van der Waals surface area contributed by atoms with Crippen LogP contribution in [-0.4, -0.2) is 45.5 Å². The highest BCUT2D eigenvalue weighted by molar-refractivity contribution is 6.74. The van der Waals surface area contributed by atoms with Gasteiger partial charge in [-0.2, -0.15) is 0 Å². The molecule has 1 aromatic rings. The summed E-state index contributed by atoms with van der Waals surface area (Å²) in [6.45, 7) is 12.3. The summed E-state index contributed by atoms with van der Waals surface area (Å²) in [6, 6.07) is 9.84. The van der Waals surface area contributed by atoms with Crippen LogP contribution >= 0.6 is 0 Å². The van der Waals surface area contributed by atoms with E-state index in [2.05, 4.69) is 33.9 Å². The van der Waals surface area contributed by atoms with Crippen molar-refractivity contribution < 1.29 is 23.5 Å². The van der Waals surface area contributed by atoms with E-state index in [9.17, 15) is 9.59 Å². The van der Waals surface area contributed by atoms with Crippen LogP contribution in [0.15, 0.2) is 36.4 Å². The van der Waals surface area contributed by atoms with Gasteiger partial charge in [0.2, 0.25) is 0 Å². The van der Waals surface area contributed by atoms with Crippen LogP contribution < -0.4 is 0 Å². The van der Waals surface area contributed by atoms with E-state index in [1.165, 1.54) is 7.11 Å². The zero-order valence-electron chi connectivity index (χ0n) is 18.6. The van der Waals surface area contributed by atoms with E-state index in [4.69, 9.17) is 13.9 Å². The Labute approximate surface area is 175 Å². The van der Waals surface area contributed by atoms with Gasteiger partial charge in [-0.05, 0) is 23.7 Å². The largest absolute Gasteiger partial charge is 0.467 e. The first kappa shape index (κ1) is 23.5. The monoisotopic (exact) mass is 418 g/mol. The molecule has 5 nitrogen and oxygen atoms in total. The molecular formula is C23H34O5Si. The summed E-state index contributed by atoms with van der Waals surface area (Å²) in [6.07, 6.45) is 1.99. The van der Waals surface area contributed by atoms with E-state index in [0.29, 0.717) is 0 Å². The third-order valence-corrected chi connectivity index (χ3v) is 10.5. The van der Waals surface area contributed by atoms with Gasteiger partial charge < -0.3 is 13.9 Å². The van der Waals surface area contributed by atoms with Gasteiger partial charge in [0.05, 0.1) is 13.2 Å².